The van der Waals surface area contributed by atoms with E-state index in [4.69, 9.17) is 14.4 Å². The SMILES string of the molecule is N#Cc1ccc[c]([Na])n1.OSO. The van der Waals surface area contributed by atoms with Gasteiger partial charge in [-0.3, -0.25) is 0 Å². The van der Waals surface area contributed by atoms with Crippen LogP contribution in [0.2, 0.25) is 0 Å². The van der Waals surface area contributed by atoms with E-state index in [0.29, 0.717) is 5.69 Å². The number of hydrogen-bond donors (Lipinski definition) is 2. The molecular weight excluding hydrogens is 187 g/mol. The summed E-state index contributed by atoms with van der Waals surface area (Å²) in [5.41, 5.74) is 0.516. The molecule has 0 atom stereocenters. The van der Waals surface area contributed by atoms with Gasteiger partial charge in [0.25, 0.3) is 0 Å². The van der Waals surface area contributed by atoms with Gasteiger partial charge in [-0.15, -0.1) is 0 Å². The Kier molecular flexibility index (Phi) is 7.50. The van der Waals surface area contributed by atoms with Crippen LogP contribution in [-0.4, -0.2) is 42.0 Å². The van der Waals surface area contributed by atoms with Crippen molar-refractivity contribution in [1.82, 2.24) is 4.98 Å². The Labute approximate surface area is 92.1 Å². The van der Waals surface area contributed by atoms with Crippen LogP contribution in [0.3, 0.4) is 0 Å². The van der Waals surface area contributed by atoms with Gasteiger partial charge in [0.2, 0.25) is 0 Å². The Balaban J connectivity index is 0.000000354. The van der Waals surface area contributed by atoms with Crippen molar-refractivity contribution in [3.05, 3.63) is 23.9 Å². The second-order valence-corrected chi connectivity index (χ2v) is 3.05. The second-order valence-electron chi connectivity index (χ2n) is 1.86. The fourth-order valence-corrected chi connectivity index (χ4v) is 1.04. The number of pyridine rings is 1. The molecule has 0 aliphatic carbocycles. The van der Waals surface area contributed by atoms with Crippen molar-refractivity contribution in [2.24, 2.45) is 0 Å². The Morgan fingerprint density at radius 2 is 2.08 bits per heavy atom. The van der Waals surface area contributed by atoms with E-state index in [9.17, 15) is 0 Å². The van der Waals surface area contributed by atoms with Crippen molar-refractivity contribution >= 4 is 43.2 Å². The maximum absolute atomic E-state index is 8.36. The van der Waals surface area contributed by atoms with Crippen molar-refractivity contribution in [2.45, 2.75) is 0 Å². The summed E-state index contributed by atoms with van der Waals surface area (Å²) in [4.78, 5) is 3.99. The van der Waals surface area contributed by atoms with Gasteiger partial charge in [0.1, 0.15) is 0 Å². The molecule has 1 aromatic rings. The molecule has 58 valence electrons. The predicted molar refractivity (Wildman–Crippen MR) is 47.2 cm³/mol. The molecule has 0 saturated heterocycles. The van der Waals surface area contributed by atoms with Crippen LogP contribution >= 0.6 is 12.3 Å². The van der Waals surface area contributed by atoms with Gasteiger partial charge in [0.15, 0.2) is 12.3 Å². The van der Waals surface area contributed by atoms with Gasteiger partial charge in [-0.05, 0) is 0 Å². The Morgan fingerprint density at radius 1 is 1.50 bits per heavy atom. The zero-order chi connectivity index (χ0) is 9.40. The van der Waals surface area contributed by atoms with Crippen LogP contribution in [0.5, 0.6) is 0 Å². The van der Waals surface area contributed by atoms with Crippen LogP contribution in [0, 0.1) is 11.3 Å². The van der Waals surface area contributed by atoms with E-state index in [-0.39, 0.29) is 12.3 Å². The maximum Gasteiger partial charge on any atom is 0.152 e. The van der Waals surface area contributed by atoms with Gasteiger partial charge in [-0.25, -0.2) is 0 Å². The molecule has 0 aliphatic rings. The van der Waals surface area contributed by atoms with Gasteiger partial charge in [-0.2, -0.15) is 0 Å². The number of hydrogen-bond acceptors (Lipinski definition) is 5. The van der Waals surface area contributed by atoms with Gasteiger partial charge in [0.05, 0.1) is 0 Å². The van der Waals surface area contributed by atoms with Gasteiger partial charge < -0.3 is 9.11 Å². The first-order chi connectivity index (χ1) is 5.74. The minimum atomic E-state index is -0.250. The molecule has 0 fully saturated rings. The molecule has 1 aromatic heterocycles. The summed E-state index contributed by atoms with van der Waals surface area (Å²) >= 11 is 0.665. The molecule has 0 aromatic carbocycles. The first-order valence-corrected chi connectivity index (χ1v) is 4.76. The molecule has 0 unspecified atom stereocenters. The number of rotatable bonds is 0. The number of aromatic nitrogens is 1. The largest absolute Gasteiger partial charge is 0.307 e. The molecule has 4 nitrogen and oxygen atoms in total. The van der Waals surface area contributed by atoms with Crippen LogP contribution in [0.25, 0.3) is 0 Å². The molecule has 0 radical (unpaired) electrons. The molecule has 0 amide bonds. The van der Waals surface area contributed by atoms with E-state index in [0.717, 1.165) is 30.9 Å². The molecule has 0 aliphatic heterocycles. The minimum absolute atomic E-state index is 0.250. The van der Waals surface area contributed by atoms with E-state index >= 15 is 0 Å². The summed E-state index contributed by atoms with van der Waals surface area (Å²) in [6, 6.07) is 7.47. The monoisotopic (exact) mass is 192 g/mol. The van der Waals surface area contributed by atoms with Gasteiger partial charge in [0, 0.05) is 0 Å². The fourth-order valence-electron chi connectivity index (χ4n) is 0.605. The summed E-state index contributed by atoms with van der Waals surface area (Å²) in [6.45, 7) is 0. The van der Waals surface area contributed by atoms with Crippen molar-refractivity contribution in [1.29, 1.82) is 5.26 Å². The second kappa shape index (κ2) is 7.55. The Morgan fingerprint density at radius 3 is 2.42 bits per heavy atom. The smallest absolute Gasteiger partial charge is 0.152 e. The first kappa shape index (κ1) is 11.9. The van der Waals surface area contributed by atoms with Gasteiger partial charge in [-0.1, -0.05) is 0 Å². The number of nitrogens with zero attached hydrogens (tertiary/aromatic N) is 2. The van der Waals surface area contributed by atoms with Gasteiger partial charge >= 0.3 is 71.1 Å². The van der Waals surface area contributed by atoms with Crippen molar-refractivity contribution < 1.29 is 9.11 Å². The zero-order valence-electron chi connectivity index (χ0n) is 6.43. The molecule has 1 heterocycles. The topological polar surface area (TPSA) is 77.1 Å². The zero-order valence-corrected chi connectivity index (χ0v) is 9.25. The van der Waals surface area contributed by atoms with Crippen LogP contribution < -0.4 is 2.94 Å². The average Bonchev–Trinajstić information content (AvgIpc) is 2.06. The molecule has 2 N–H and O–H groups in total. The Hall–Kier alpha value is -0.0900. The normalized spacial score (nSPS) is 7.92. The first-order valence-electron chi connectivity index (χ1n) is 3.03. The summed E-state index contributed by atoms with van der Waals surface area (Å²) in [7, 11) is 0. The van der Waals surface area contributed by atoms with E-state index in [1.165, 1.54) is 0 Å². The van der Waals surface area contributed by atoms with Crippen molar-refractivity contribution in [3.63, 3.8) is 0 Å². The van der Waals surface area contributed by atoms with Crippen LogP contribution in [-0.2, 0) is 0 Å². The minimum Gasteiger partial charge on any atom is -0.307 e. The van der Waals surface area contributed by atoms with E-state index in [1.807, 2.05) is 18.2 Å². The third kappa shape index (κ3) is 5.55. The van der Waals surface area contributed by atoms with E-state index in [2.05, 4.69) is 4.98 Å². The average molecular weight is 192 g/mol. The third-order valence-corrected chi connectivity index (χ3v) is 1.56. The summed E-state index contributed by atoms with van der Waals surface area (Å²) < 4.78 is 15.1. The van der Waals surface area contributed by atoms with E-state index in [1.54, 1.807) is 6.07 Å². The fraction of sp³-hybridized carbons (Fsp3) is 0. The summed E-state index contributed by atoms with van der Waals surface area (Å²) in [6.07, 6.45) is 0. The maximum atomic E-state index is 8.36. The molecule has 0 spiro atoms. The quantitative estimate of drug-likeness (QED) is 0.460. The molecule has 6 heteroatoms. The van der Waals surface area contributed by atoms with Crippen molar-refractivity contribution in [3.8, 4) is 6.07 Å². The molecule has 12 heavy (non-hydrogen) atoms. The molecule has 0 bridgehead atoms. The Bertz CT molecular complexity index is 276. The van der Waals surface area contributed by atoms with Crippen molar-refractivity contribution in [2.75, 3.05) is 0 Å². The number of nitriles is 1. The third-order valence-electron chi connectivity index (χ3n) is 1.00. The summed E-state index contributed by atoms with van der Waals surface area (Å²) in [5, 5.41) is 8.36. The van der Waals surface area contributed by atoms with Crippen LogP contribution in [0.15, 0.2) is 18.2 Å². The predicted octanol–water partition coefficient (Wildman–Crippen LogP) is 0.413. The molecule has 0 saturated carbocycles. The summed E-state index contributed by atoms with van der Waals surface area (Å²) in [5.74, 6) is 0. The van der Waals surface area contributed by atoms with Crippen LogP contribution in [0.4, 0.5) is 0 Å². The molecular formula is C6H5N2NaO2S. The van der Waals surface area contributed by atoms with E-state index < -0.39 is 0 Å². The molecule has 1 rings (SSSR count). The standard InChI is InChI=1S/C6H3N2.Na.H2O2S/c7-5-6-3-1-2-4-8-6;;1-3-2/h1-3H;;1-2H. The van der Waals surface area contributed by atoms with Crippen LogP contribution in [0.1, 0.15) is 5.69 Å².